The summed E-state index contributed by atoms with van der Waals surface area (Å²) >= 11 is 2.12. The third kappa shape index (κ3) is 3.05. The van der Waals surface area contributed by atoms with E-state index >= 15 is 0 Å². The third-order valence-electron chi connectivity index (χ3n) is 2.18. The van der Waals surface area contributed by atoms with Gasteiger partial charge in [-0.2, -0.15) is 15.7 Å². The van der Waals surface area contributed by atoms with Gasteiger partial charge in [-0.05, 0) is 46.0 Å². The van der Waals surface area contributed by atoms with E-state index in [1.54, 1.807) is 12.1 Å². The lowest BCUT2D eigenvalue weighted by Gasteiger charge is -2.04. The average molecular weight is 363 g/mol. The lowest BCUT2D eigenvalue weighted by Crippen LogP contribution is -1.95. The number of H-pyrrole nitrogens is 1. The fourth-order valence-corrected chi connectivity index (χ4v) is 1.80. The fourth-order valence-electron chi connectivity index (χ4n) is 1.31. The molecule has 1 heterocycles. The monoisotopic (exact) mass is 363 g/mol. The molecule has 2 rings (SSSR count). The number of hydrogen-bond donors (Lipinski definition) is 2. The first kappa shape index (κ1) is 13.0. The molecule has 0 aliphatic carbocycles. The highest BCUT2D eigenvalue weighted by molar-refractivity contribution is 14.1. The van der Waals surface area contributed by atoms with Crippen LogP contribution in [0, 0.1) is 26.2 Å². The lowest BCUT2D eigenvalue weighted by molar-refractivity contribution is 0.881. The lowest BCUT2D eigenvalue weighted by atomic mass is 10.2. The molecule has 0 bridgehead atoms. The molecule has 0 fully saturated rings. The van der Waals surface area contributed by atoms with Crippen LogP contribution < -0.4 is 5.32 Å². The standard InChI is InChI=1S/C11H6IN7/c12-9-1-2-10(7(3-9)4-13)15-6-8(5-14)11-16-18-19-17-11/h1-3,6,15H,(H,16,17,18,19). The van der Waals surface area contributed by atoms with E-state index in [9.17, 15) is 0 Å². The average Bonchev–Trinajstić information content (AvgIpc) is 2.94. The molecule has 19 heavy (non-hydrogen) atoms. The summed E-state index contributed by atoms with van der Waals surface area (Å²) in [4.78, 5) is 0. The van der Waals surface area contributed by atoms with Gasteiger partial charge < -0.3 is 5.32 Å². The SMILES string of the molecule is N#CC(=CNc1ccc(I)cc1C#N)c1nn[nH]n1. The van der Waals surface area contributed by atoms with Crippen LogP contribution in [0.15, 0.2) is 24.4 Å². The number of anilines is 1. The first-order valence-electron chi connectivity index (χ1n) is 5.05. The van der Waals surface area contributed by atoms with Crippen molar-refractivity contribution in [2.75, 3.05) is 5.32 Å². The zero-order valence-corrected chi connectivity index (χ0v) is 11.6. The van der Waals surface area contributed by atoms with Gasteiger partial charge in [0.2, 0.25) is 5.82 Å². The molecule has 0 aliphatic rings. The van der Waals surface area contributed by atoms with Crippen LogP contribution in [0.2, 0.25) is 0 Å². The molecule has 0 spiro atoms. The Balaban J connectivity index is 2.28. The molecule has 2 N–H and O–H groups in total. The van der Waals surface area contributed by atoms with Crippen LogP contribution in [0.3, 0.4) is 0 Å². The number of aromatic nitrogens is 4. The van der Waals surface area contributed by atoms with Gasteiger partial charge in [0.15, 0.2) is 0 Å². The van der Waals surface area contributed by atoms with Crippen LogP contribution in [0.4, 0.5) is 5.69 Å². The topological polar surface area (TPSA) is 114 Å². The molecule has 0 radical (unpaired) electrons. The van der Waals surface area contributed by atoms with E-state index < -0.39 is 0 Å². The number of benzene rings is 1. The van der Waals surface area contributed by atoms with Crippen molar-refractivity contribution in [3.05, 3.63) is 39.4 Å². The van der Waals surface area contributed by atoms with Crippen LogP contribution in [0.5, 0.6) is 0 Å². The van der Waals surface area contributed by atoms with Gasteiger partial charge in [0.1, 0.15) is 17.7 Å². The number of tetrazole rings is 1. The summed E-state index contributed by atoms with van der Waals surface area (Å²) in [7, 11) is 0. The maximum Gasteiger partial charge on any atom is 0.216 e. The summed E-state index contributed by atoms with van der Waals surface area (Å²) in [6.45, 7) is 0. The molecule has 0 saturated carbocycles. The van der Waals surface area contributed by atoms with Gasteiger partial charge >= 0.3 is 0 Å². The second-order valence-electron chi connectivity index (χ2n) is 3.35. The molecule has 0 saturated heterocycles. The zero-order valence-electron chi connectivity index (χ0n) is 9.42. The predicted octanol–water partition coefficient (Wildman–Crippen LogP) is 1.65. The number of rotatable bonds is 3. The molecule has 1 aromatic carbocycles. The van der Waals surface area contributed by atoms with Gasteiger partial charge in [0.05, 0.1) is 11.3 Å². The minimum atomic E-state index is 0.194. The molecular formula is C11H6IN7. The van der Waals surface area contributed by atoms with Crippen LogP contribution >= 0.6 is 22.6 Å². The summed E-state index contributed by atoms with van der Waals surface area (Å²) in [5, 5.41) is 34.0. The smallest absolute Gasteiger partial charge is 0.216 e. The Morgan fingerprint density at radius 1 is 1.42 bits per heavy atom. The zero-order chi connectivity index (χ0) is 13.7. The van der Waals surface area contributed by atoms with Gasteiger partial charge in [0, 0.05) is 9.77 Å². The highest BCUT2D eigenvalue weighted by Crippen LogP contribution is 2.18. The fraction of sp³-hybridized carbons (Fsp3) is 0. The Morgan fingerprint density at radius 2 is 2.26 bits per heavy atom. The first-order chi connectivity index (χ1) is 9.24. The van der Waals surface area contributed by atoms with E-state index in [1.165, 1.54) is 6.20 Å². The number of nitrogens with one attached hydrogen (secondary N) is 2. The molecule has 1 aromatic heterocycles. The van der Waals surface area contributed by atoms with Crippen molar-refractivity contribution in [3.8, 4) is 12.1 Å². The Kier molecular flexibility index (Phi) is 4.05. The van der Waals surface area contributed by atoms with Crippen molar-refractivity contribution in [2.24, 2.45) is 0 Å². The Hall–Kier alpha value is -2.46. The Labute approximate surface area is 122 Å². The molecule has 0 unspecified atom stereocenters. The van der Waals surface area contributed by atoms with Crippen LogP contribution in [-0.2, 0) is 0 Å². The highest BCUT2D eigenvalue weighted by atomic mass is 127. The number of hydrogen-bond acceptors (Lipinski definition) is 6. The van der Waals surface area contributed by atoms with Crippen LogP contribution in [0.1, 0.15) is 11.4 Å². The van der Waals surface area contributed by atoms with E-state index in [1.807, 2.05) is 12.1 Å². The largest absolute Gasteiger partial charge is 0.359 e. The van der Waals surface area contributed by atoms with Crippen LogP contribution in [-0.4, -0.2) is 20.6 Å². The number of halogens is 1. The summed E-state index contributed by atoms with van der Waals surface area (Å²) in [6.07, 6.45) is 1.44. The maximum atomic E-state index is 9.03. The first-order valence-corrected chi connectivity index (χ1v) is 6.12. The molecule has 92 valence electrons. The molecule has 7 nitrogen and oxygen atoms in total. The second kappa shape index (κ2) is 5.93. The molecule has 0 aliphatic heterocycles. The van der Waals surface area contributed by atoms with Crippen molar-refractivity contribution >= 4 is 33.9 Å². The van der Waals surface area contributed by atoms with Gasteiger partial charge in [-0.3, -0.25) is 0 Å². The minimum Gasteiger partial charge on any atom is -0.359 e. The highest BCUT2D eigenvalue weighted by Gasteiger charge is 2.06. The number of allylic oxidation sites excluding steroid dienone is 1. The molecular weight excluding hydrogens is 357 g/mol. The van der Waals surface area contributed by atoms with Gasteiger partial charge in [-0.1, -0.05) is 0 Å². The summed E-state index contributed by atoms with van der Waals surface area (Å²) in [5.74, 6) is 0.194. The normalized spacial score (nSPS) is 10.6. The minimum absolute atomic E-state index is 0.194. The molecule has 8 heteroatoms. The molecule has 2 aromatic rings. The van der Waals surface area contributed by atoms with Crippen molar-refractivity contribution in [2.45, 2.75) is 0 Å². The van der Waals surface area contributed by atoms with Crippen molar-refractivity contribution in [1.29, 1.82) is 10.5 Å². The van der Waals surface area contributed by atoms with E-state index in [0.29, 0.717) is 11.3 Å². The quantitative estimate of drug-likeness (QED) is 0.633. The Bertz CT molecular complexity index is 691. The van der Waals surface area contributed by atoms with Gasteiger partial charge in [0.25, 0.3) is 0 Å². The summed E-state index contributed by atoms with van der Waals surface area (Å²) in [6, 6.07) is 9.41. The predicted molar refractivity (Wildman–Crippen MR) is 75.3 cm³/mol. The number of aromatic amines is 1. The second-order valence-corrected chi connectivity index (χ2v) is 4.60. The maximum absolute atomic E-state index is 9.03. The van der Waals surface area contributed by atoms with Gasteiger partial charge in [-0.15, -0.1) is 10.2 Å². The van der Waals surface area contributed by atoms with Crippen molar-refractivity contribution < 1.29 is 0 Å². The van der Waals surface area contributed by atoms with Crippen molar-refractivity contribution in [1.82, 2.24) is 20.6 Å². The number of nitriles is 2. The third-order valence-corrected chi connectivity index (χ3v) is 2.85. The van der Waals surface area contributed by atoms with E-state index in [2.05, 4.69) is 54.6 Å². The Morgan fingerprint density at radius 3 is 2.89 bits per heavy atom. The van der Waals surface area contributed by atoms with E-state index in [-0.39, 0.29) is 11.4 Å². The summed E-state index contributed by atoms with van der Waals surface area (Å²) < 4.78 is 0.961. The number of nitrogens with zero attached hydrogens (tertiary/aromatic N) is 5. The molecule has 0 amide bonds. The van der Waals surface area contributed by atoms with E-state index in [0.717, 1.165) is 3.57 Å². The van der Waals surface area contributed by atoms with Gasteiger partial charge in [-0.25, -0.2) is 0 Å². The summed E-state index contributed by atoms with van der Waals surface area (Å²) in [5.41, 5.74) is 1.32. The van der Waals surface area contributed by atoms with Crippen molar-refractivity contribution in [3.63, 3.8) is 0 Å². The van der Waals surface area contributed by atoms with E-state index in [4.69, 9.17) is 10.5 Å². The van der Waals surface area contributed by atoms with Crippen LogP contribution in [0.25, 0.3) is 5.57 Å². The molecule has 0 atom stereocenters.